The molecule has 0 bridgehead atoms. The quantitative estimate of drug-likeness (QED) is 0.428. The molecule has 6 nitrogen and oxygen atoms in total. The van der Waals surface area contributed by atoms with Crippen molar-refractivity contribution in [3.05, 3.63) is 94.7 Å². The van der Waals surface area contributed by atoms with E-state index in [2.05, 4.69) is 46.4 Å². The number of fused-ring (bicyclic) bond motifs is 1. The van der Waals surface area contributed by atoms with E-state index in [-0.39, 0.29) is 11.8 Å². The number of amides is 2. The van der Waals surface area contributed by atoms with Crippen LogP contribution in [0.15, 0.2) is 66.7 Å². The van der Waals surface area contributed by atoms with E-state index >= 15 is 0 Å². The van der Waals surface area contributed by atoms with Crippen LogP contribution in [0.1, 0.15) is 37.5 Å². The zero-order valence-electron chi connectivity index (χ0n) is 20.4. The van der Waals surface area contributed by atoms with Crippen molar-refractivity contribution in [2.75, 3.05) is 36.4 Å². The first-order valence-electron chi connectivity index (χ1n) is 12.0. The van der Waals surface area contributed by atoms with Gasteiger partial charge in [0.05, 0.1) is 5.69 Å². The molecule has 0 spiro atoms. The molecule has 1 fully saturated rings. The molecule has 1 saturated heterocycles. The molecule has 4 aromatic rings. The lowest BCUT2D eigenvalue weighted by Gasteiger charge is -2.36. The highest BCUT2D eigenvalue weighted by molar-refractivity contribution is 6.15. The third kappa shape index (κ3) is 4.64. The van der Waals surface area contributed by atoms with Crippen molar-refractivity contribution in [1.29, 1.82) is 0 Å². The first kappa shape index (κ1) is 22.7. The molecule has 2 heterocycles. The molecule has 6 heteroatoms. The third-order valence-corrected chi connectivity index (χ3v) is 6.62. The van der Waals surface area contributed by atoms with Gasteiger partial charge < -0.3 is 20.1 Å². The van der Waals surface area contributed by atoms with Gasteiger partial charge in [-0.25, -0.2) is 0 Å². The summed E-state index contributed by atoms with van der Waals surface area (Å²) < 4.78 is 0. The van der Waals surface area contributed by atoms with Gasteiger partial charge in [0.1, 0.15) is 5.69 Å². The molecular weight excluding hydrogens is 436 g/mol. The summed E-state index contributed by atoms with van der Waals surface area (Å²) >= 11 is 0. The van der Waals surface area contributed by atoms with Crippen molar-refractivity contribution in [1.82, 2.24) is 9.88 Å². The average molecular weight is 467 g/mol. The van der Waals surface area contributed by atoms with E-state index in [1.165, 1.54) is 11.3 Å². The summed E-state index contributed by atoms with van der Waals surface area (Å²) in [5.74, 6) is -0.322. The Morgan fingerprint density at radius 3 is 2.20 bits per heavy atom. The molecule has 5 rings (SSSR count). The van der Waals surface area contributed by atoms with Gasteiger partial charge in [-0.2, -0.15) is 0 Å². The summed E-state index contributed by atoms with van der Waals surface area (Å²) in [5, 5.41) is 3.88. The fourth-order valence-corrected chi connectivity index (χ4v) is 4.72. The third-order valence-electron chi connectivity index (χ3n) is 6.62. The number of carbonyl (C=O) groups excluding carboxylic acids is 2. The summed E-state index contributed by atoms with van der Waals surface area (Å²) in [6, 6.07) is 21.9. The SMILES string of the molecule is Cc1cccc(C(=O)Nc2c(C(=O)N3CCN(c4cccc(C)c4)CC3)[nH]c3ccc(C)cc23)c1. The highest BCUT2D eigenvalue weighted by atomic mass is 16.2. The fraction of sp³-hybridized carbons (Fsp3) is 0.241. The summed E-state index contributed by atoms with van der Waals surface area (Å²) in [5.41, 5.74) is 6.85. The van der Waals surface area contributed by atoms with Gasteiger partial charge >= 0.3 is 0 Å². The van der Waals surface area contributed by atoms with Crippen LogP contribution in [0.3, 0.4) is 0 Å². The van der Waals surface area contributed by atoms with E-state index in [4.69, 9.17) is 0 Å². The van der Waals surface area contributed by atoms with E-state index < -0.39 is 0 Å². The molecule has 0 saturated carbocycles. The highest BCUT2D eigenvalue weighted by Gasteiger charge is 2.27. The van der Waals surface area contributed by atoms with Crippen LogP contribution < -0.4 is 10.2 Å². The van der Waals surface area contributed by atoms with Crippen LogP contribution >= 0.6 is 0 Å². The Hall–Kier alpha value is -4.06. The van der Waals surface area contributed by atoms with E-state index in [0.29, 0.717) is 30.0 Å². The number of carbonyl (C=O) groups is 2. The molecule has 0 atom stereocenters. The van der Waals surface area contributed by atoms with Gasteiger partial charge in [0.25, 0.3) is 11.8 Å². The number of aromatic nitrogens is 1. The predicted molar refractivity (Wildman–Crippen MR) is 141 cm³/mol. The lowest BCUT2D eigenvalue weighted by atomic mass is 10.1. The van der Waals surface area contributed by atoms with Gasteiger partial charge in [-0.1, -0.05) is 41.5 Å². The van der Waals surface area contributed by atoms with Crippen molar-refractivity contribution >= 4 is 34.1 Å². The van der Waals surface area contributed by atoms with Crippen LogP contribution in [0.4, 0.5) is 11.4 Å². The smallest absolute Gasteiger partial charge is 0.272 e. The topological polar surface area (TPSA) is 68.4 Å². The Labute approximate surface area is 205 Å². The molecule has 3 aromatic carbocycles. The van der Waals surface area contributed by atoms with Crippen molar-refractivity contribution in [3.8, 4) is 0 Å². The van der Waals surface area contributed by atoms with Crippen LogP contribution in [-0.2, 0) is 0 Å². The summed E-state index contributed by atoms with van der Waals surface area (Å²) in [7, 11) is 0. The zero-order chi connectivity index (χ0) is 24.5. The van der Waals surface area contributed by atoms with E-state index in [1.807, 2.05) is 55.1 Å². The Morgan fingerprint density at radius 1 is 0.800 bits per heavy atom. The number of hydrogen-bond acceptors (Lipinski definition) is 3. The second-order valence-electron chi connectivity index (χ2n) is 9.37. The number of H-pyrrole nitrogens is 1. The maximum atomic E-state index is 13.7. The maximum absolute atomic E-state index is 13.7. The molecule has 0 radical (unpaired) electrons. The van der Waals surface area contributed by atoms with Crippen molar-refractivity contribution < 1.29 is 9.59 Å². The van der Waals surface area contributed by atoms with Crippen LogP contribution in [-0.4, -0.2) is 47.9 Å². The Bertz CT molecular complexity index is 1410. The van der Waals surface area contributed by atoms with Gasteiger partial charge in [0, 0.05) is 48.3 Å². The normalized spacial score (nSPS) is 13.8. The highest BCUT2D eigenvalue weighted by Crippen LogP contribution is 2.31. The molecule has 35 heavy (non-hydrogen) atoms. The summed E-state index contributed by atoms with van der Waals surface area (Å²) in [6.07, 6.45) is 0. The lowest BCUT2D eigenvalue weighted by Crippen LogP contribution is -2.49. The largest absolute Gasteiger partial charge is 0.368 e. The number of benzene rings is 3. The van der Waals surface area contributed by atoms with E-state index in [9.17, 15) is 9.59 Å². The van der Waals surface area contributed by atoms with Crippen molar-refractivity contribution in [2.24, 2.45) is 0 Å². The molecule has 1 aliphatic heterocycles. The minimum Gasteiger partial charge on any atom is -0.368 e. The molecule has 2 N–H and O–H groups in total. The van der Waals surface area contributed by atoms with Crippen LogP contribution in [0, 0.1) is 20.8 Å². The number of aryl methyl sites for hydroxylation is 3. The van der Waals surface area contributed by atoms with Gasteiger partial charge in [-0.15, -0.1) is 0 Å². The Balaban J connectivity index is 1.41. The number of piperazine rings is 1. The van der Waals surface area contributed by atoms with Gasteiger partial charge in [-0.3, -0.25) is 9.59 Å². The predicted octanol–water partition coefficient (Wildman–Crippen LogP) is 5.31. The van der Waals surface area contributed by atoms with Crippen LogP contribution in [0.2, 0.25) is 0 Å². The Kier molecular flexibility index (Phi) is 6.03. The van der Waals surface area contributed by atoms with E-state index in [1.54, 1.807) is 6.07 Å². The number of nitrogens with one attached hydrogen (secondary N) is 2. The molecule has 0 aliphatic carbocycles. The monoisotopic (exact) mass is 466 g/mol. The Morgan fingerprint density at radius 2 is 1.49 bits per heavy atom. The molecule has 2 amide bonds. The minimum absolute atomic E-state index is 0.0951. The van der Waals surface area contributed by atoms with Gasteiger partial charge in [-0.05, 0) is 62.7 Å². The van der Waals surface area contributed by atoms with Crippen LogP contribution in [0.25, 0.3) is 10.9 Å². The molecule has 1 aliphatic rings. The standard InChI is InChI=1S/C29H30N4O2/c1-19-6-4-8-22(16-19)28(34)31-26-24-18-21(3)10-11-25(24)30-27(26)29(35)33-14-12-32(13-15-33)23-9-5-7-20(2)17-23/h4-11,16-18,30H,12-15H2,1-3H3,(H,31,34). The molecule has 178 valence electrons. The minimum atomic E-state index is -0.227. The number of nitrogens with zero attached hydrogens (tertiary/aromatic N) is 2. The number of anilines is 2. The first-order chi connectivity index (χ1) is 16.9. The maximum Gasteiger partial charge on any atom is 0.272 e. The lowest BCUT2D eigenvalue weighted by molar-refractivity contribution is 0.0743. The number of aromatic amines is 1. The van der Waals surface area contributed by atoms with Gasteiger partial charge in [0.2, 0.25) is 0 Å². The van der Waals surface area contributed by atoms with Crippen LogP contribution in [0.5, 0.6) is 0 Å². The van der Waals surface area contributed by atoms with Gasteiger partial charge in [0.15, 0.2) is 0 Å². The summed E-state index contributed by atoms with van der Waals surface area (Å²) in [4.78, 5) is 34.3. The van der Waals surface area contributed by atoms with E-state index in [0.717, 1.165) is 35.1 Å². The molecule has 0 unspecified atom stereocenters. The first-order valence-corrected chi connectivity index (χ1v) is 12.0. The number of rotatable bonds is 4. The zero-order valence-corrected chi connectivity index (χ0v) is 20.4. The average Bonchev–Trinajstić information content (AvgIpc) is 3.21. The second-order valence-corrected chi connectivity index (χ2v) is 9.37. The number of hydrogen-bond donors (Lipinski definition) is 2. The molecule has 1 aromatic heterocycles. The van der Waals surface area contributed by atoms with Crippen molar-refractivity contribution in [3.63, 3.8) is 0 Å². The summed E-state index contributed by atoms with van der Waals surface area (Å²) in [6.45, 7) is 8.81. The second kappa shape index (κ2) is 9.29. The fourth-order valence-electron chi connectivity index (χ4n) is 4.72. The van der Waals surface area contributed by atoms with Crippen molar-refractivity contribution in [2.45, 2.75) is 20.8 Å². The molecular formula is C29H30N4O2.